The van der Waals surface area contributed by atoms with Crippen molar-refractivity contribution in [1.29, 1.82) is 0 Å². The molecule has 1 atom stereocenters. The zero-order chi connectivity index (χ0) is 25.0. The Morgan fingerprint density at radius 1 is 1.06 bits per heavy atom. The van der Waals surface area contributed by atoms with Crippen LogP contribution in [0.15, 0.2) is 54.7 Å². The number of nitrogens with one attached hydrogen (secondary N) is 1. The van der Waals surface area contributed by atoms with Gasteiger partial charge in [0.15, 0.2) is 5.69 Å². The highest BCUT2D eigenvalue weighted by Gasteiger charge is 2.40. The van der Waals surface area contributed by atoms with E-state index in [9.17, 15) is 22.8 Å². The molecule has 35 heavy (non-hydrogen) atoms. The Labute approximate surface area is 199 Å². The summed E-state index contributed by atoms with van der Waals surface area (Å²) < 4.78 is 51.8. The molecule has 1 heterocycles. The van der Waals surface area contributed by atoms with E-state index in [1.165, 1.54) is 6.92 Å². The van der Waals surface area contributed by atoms with E-state index in [-0.39, 0.29) is 25.8 Å². The van der Waals surface area contributed by atoms with Crippen LogP contribution >= 0.6 is 0 Å². The molecule has 0 saturated heterocycles. The smallest absolute Gasteiger partial charge is 0.433 e. The summed E-state index contributed by atoms with van der Waals surface area (Å²) in [6, 6.07) is 14.5. The minimum atomic E-state index is -4.77. The lowest BCUT2D eigenvalue weighted by molar-refractivity contribution is -0.144. The van der Waals surface area contributed by atoms with Crippen LogP contribution in [0.4, 0.5) is 18.0 Å². The van der Waals surface area contributed by atoms with Gasteiger partial charge in [-0.1, -0.05) is 48.5 Å². The number of esters is 1. The fourth-order valence-electron chi connectivity index (χ4n) is 4.14. The van der Waals surface area contributed by atoms with E-state index < -0.39 is 29.5 Å². The van der Waals surface area contributed by atoms with E-state index in [4.69, 9.17) is 9.47 Å². The average Bonchev–Trinajstić information content (AvgIpc) is 3.42. The number of benzene rings is 2. The Morgan fingerprint density at radius 3 is 2.51 bits per heavy atom. The maximum Gasteiger partial charge on any atom is 0.433 e. The lowest BCUT2D eigenvalue weighted by Crippen LogP contribution is -2.35. The molecule has 4 rings (SSSR count). The molecule has 1 aliphatic carbocycles. The number of hydrogen-bond donors (Lipinski definition) is 1. The predicted molar refractivity (Wildman–Crippen MR) is 120 cm³/mol. The molecule has 184 valence electrons. The lowest BCUT2D eigenvalue weighted by atomic mass is 10.1. The summed E-state index contributed by atoms with van der Waals surface area (Å²) in [5.41, 5.74) is 1.66. The standard InChI is InChI=1S/C25H24F3N3O4/c1-2-34-23(32)21-13-29-31(22(21)25(26,27)28)14-17-8-9-18-11-20(12-19(18)10-17)30-24(33)35-15-16-6-4-3-5-7-16/h3-10,13,20H,2,11-12,14-15H2,1H3,(H,30,33)/t20-/m0/s1. The van der Waals surface area contributed by atoms with Crippen molar-refractivity contribution < 1.29 is 32.2 Å². The fourth-order valence-corrected chi connectivity index (χ4v) is 4.14. The summed E-state index contributed by atoms with van der Waals surface area (Å²) in [5.74, 6) is -1.06. The second kappa shape index (κ2) is 10.2. The van der Waals surface area contributed by atoms with E-state index in [2.05, 4.69) is 10.4 Å². The molecule has 1 aromatic heterocycles. The molecule has 1 aliphatic rings. The molecule has 3 aromatic rings. The van der Waals surface area contributed by atoms with Gasteiger partial charge in [-0.15, -0.1) is 0 Å². The van der Waals surface area contributed by atoms with Gasteiger partial charge in [0, 0.05) is 6.04 Å². The molecular weight excluding hydrogens is 463 g/mol. The van der Waals surface area contributed by atoms with Crippen LogP contribution < -0.4 is 5.32 Å². The van der Waals surface area contributed by atoms with Crippen molar-refractivity contribution in [2.45, 2.75) is 45.1 Å². The summed E-state index contributed by atoms with van der Waals surface area (Å²) in [6.45, 7) is 1.47. The van der Waals surface area contributed by atoms with Gasteiger partial charge in [0.2, 0.25) is 0 Å². The largest absolute Gasteiger partial charge is 0.462 e. The van der Waals surface area contributed by atoms with Gasteiger partial charge in [-0.3, -0.25) is 4.68 Å². The first kappa shape index (κ1) is 24.3. The quantitative estimate of drug-likeness (QED) is 0.496. The third-order valence-corrected chi connectivity index (χ3v) is 5.67. The van der Waals surface area contributed by atoms with Crippen molar-refractivity contribution in [3.63, 3.8) is 0 Å². The van der Waals surface area contributed by atoms with Gasteiger partial charge in [-0.2, -0.15) is 18.3 Å². The second-order valence-electron chi connectivity index (χ2n) is 8.20. The molecule has 7 nitrogen and oxygen atoms in total. The Hall–Kier alpha value is -3.82. The van der Waals surface area contributed by atoms with Crippen molar-refractivity contribution in [3.05, 3.63) is 88.2 Å². The van der Waals surface area contributed by atoms with Crippen molar-refractivity contribution in [3.8, 4) is 0 Å². The number of halogens is 3. The van der Waals surface area contributed by atoms with Crippen LogP contribution in [0.1, 0.15) is 45.2 Å². The van der Waals surface area contributed by atoms with Crippen molar-refractivity contribution in [2.24, 2.45) is 0 Å². The van der Waals surface area contributed by atoms with Crippen LogP contribution in [0.25, 0.3) is 0 Å². The van der Waals surface area contributed by atoms with Crippen LogP contribution in [-0.4, -0.2) is 34.5 Å². The second-order valence-corrected chi connectivity index (χ2v) is 8.20. The van der Waals surface area contributed by atoms with E-state index in [1.807, 2.05) is 36.4 Å². The van der Waals surface area contributed by atoms with Crippen LogP contribution in [0.2, 0.25) is 0 Å². The topological polar surface area (TPSA) is 82.5 Å². The monoisotopic (exact) mass is 487 g/mol. The van der Waals surface area contributed by atoms with Gasteiger partial charge >= 0.3 is 18.2 Å². The Morgan fingerprint density at radius 2 is 1.80 bits per heavy atom. The fraction of sp³-hybridized carbons (Fsp3) is 0.320. The minimum Gasteiger partial charge on any atom is -0.462 e. The van der Waals surface area contributed by atoms with Crippen LogP contribution in [0.5, 0.6) is 0 Å². The first-order valence-corrected chi connectivity index (χ1v) is 11.1. The van der Waals surface area contributed by atoms with Crippen molar-refractivity contribution >= 4 is 12.1 Å². The predicted octanol–water partition coefficient (Wildman–Crippen LogP) is 4.52. The highest BCUT2D eigenvalue weighted by Crippen LogP contribution is 2.33. The normalized spacial score (nSPS) is 14.9. The number of alkyl halides is 3. The van der Waals surface area contributed by atoms with Crippen LogP contribution in [0.3, 0.4) is 0 Å². The zero-order valence-corrected chi connectivity index (χ0v) is 19.0. The number of carbonyl (C=O) groups is 2. The number of ether oxygens (including phenoxy) is 2. The molecule has 10 heteroatoms. The van der Waals surface area contributed by atoms with Gasteiger partial charge in [0.05, 0.1) is 19.3 Å². The summed E-state index contributed by atoms with van der Waals surface area (Å²) in [7, 11) is 0. The molecule has 0 radical (unpaired) electrons. The summed E-state index contributed by atoms with van der Waals surface area (Å²) in [5, 5.41) is 6.64. The number of aromatic nitrogens is 2. The third kappa shape index (κ3) is 5.82. The first-order valence-electron chi connectivity index (χ1n) is 11.1. The van der Waals surface area contributed by atoms with E-state index >= 15 is 0 Å². The molecule has 0 unspecified atom stereocenters. The van der Waals surface area contributed by atoms with E-state index in [0.717, 1.165) is 27.6 Å². The van der Waals surface area contributed by atoms with Gasteiger partial charge < -0.3 is 14.8 Å². The average molecular weight is 487 g/mol. The molecule has 0 saturated carbocycles. The van der Waals surface area contributed by atoms with Gasteiger partial charge in [-0.25, -0.2) is 9.59 Å². The molecule has 1 N–H and O–H groups in total. The molecule has 0 fully saturated rings. The molecule has 2 aromatic carbocycles. The number of hydrogen-bond acceptors (Lipinski definition) is 5. The highest BCUT2D eigenvalue weighted by molar-refractivity contribution is 5.90. The molecule has 1 amide bonds. The third-order valence-electron chi connectivity index (χ3n) is 5.67. The van der Waals surface area contributed by atoms with Gasteiger partial charge in [0.25, 0.3) is 0 Å². The maximum absolute atomic E-state index is 13.7. The molecule has 0 aliphatic heterocycles. The number of nitrogens with zero attached hydrogens (tertiary/aromatic N) is 2. The minimum absolute atomic E-state index is 0.0405. The molecule has 0 spiro atoms. The number of carbonyl (C=O) groups excluding carboxylic acids is 2. The van der Waals surface area contributed by atoms with Crippen molar-refractivity contribution in [2.75, 3.05) is 6.61 Å². The Balaban J connectivity index is 1.41. The highest BCUT2D eigenvalue weighted by atomic mass is 19.4. The molecule has 0 bridgehead atoms. The van der Waals surface area contributed by atoms with Crippen LogP contribution in [0, 0.1) is 0 Å². The summed E-state index contributed by atoms with van der Waals surface area (Å²) in [6.07, 6.45) is -3.29. The first-order chi connectivity index (χ1) is 16.7. The zero-order valence-electron chi connectivity index (χ0n) is 19.0. The Kier molecular flexibility index (Phi) is 7.09. The van der Waals surface area contributed by atoms with Crippen molar-refractivity contribution in [1.82, 2.24) is 15.1 Å². The van der Waals surface area contributed by atoms with E-state index in [1.54, 1.807) is 12.1 Å². The lowest BCUT2D eigenvalue weighted by Gasteiger charge is -2.13. The maximum atomic E-state index is 13.7. The summed E-state index contributed by atoms with van der Waals surface area (Å²) >= 11 is 0. The van der Waals surface area contributed by atoms with Crippen LogP contribution in [-0.2, 0) is 41.6 Å². The summed E-state index contributed by atoms with van der Waals surface area (Å²) in [4.78, 5) is 24.1. The van der Waals surface area contributed by atoms with Gasteiger partial charge in [-0.05, 0) is 42.0 Å². The number of rotatable bonds is 7. The number of fused-ring (bicyclic) bond motifs is 1. The number of amides is 1. The van der Waals surface area contributed by atoms with E-state index in [0.29, 0.717) is 18.4 Å². The SMILES string of the molecule is CCOC(=O)c1cnn(Cc2ccc3c(c2)C[C@@H](NC(=O)OCc2ccccc2)C3)c1C(F)(F)F. The molecular formula is C25H24F3N3O4. The Bertz CT molecular complexity index is 1210. The van der Waals surface area contributed by atoms with Gasteiger partial charge in [0.1, 0.15) is 12.2 Å². The number of alkyl carbamates (subject to hydrolysis) is 1.